The fourth-order valence-corrected chi connectivity index (χ4v) is 2.70. The molecular formula is C17H26N2O2. The number of rotatable bonds is 6. The number of carbonyl (C=O) groups is 1. The highest BCUT2D eigenvalue weighted by atomic mass is 16.5. The second-order valence-electron chi connectivity index (χ2n) is 5.72. The molecule has 0 aromatic heterocycles. The second kappa shape index (κ2) is 8.15. The number of hydrogen-bond donors (Lipinski definition) is 1. The molecule has 1 fully saturated rings. The third-order valence-electron chi connectivity index (χ3n) is 4.00. The van der Waals surface area contributed by atoms with Crippen molar-refractivity contribution >= 4 is 5.91 Å². The molecule has 21 heavy (non-hydrogen) atoms. The molecule has 0 aliphatic carbocycles. The molecule has 1 aromatic carbocycles. The summed E-state index contributed by atoms with van der Waals surface area (Å²) in [5, 5.41) is 0. The first kappa shape index (κ1) is 16.0. The third-order valence-corrected chi connectivity index (χ3v) is 4.00. The molecule has 1 aliphatic rings. The Balaban J connectivity index is 1.72. The summed E-state index contributed by atoms with van der Waals surface area (Å²) in [5.74, 6) is 0.0957. The van der Waals surface area contributed by atoms with Gasteiger partial charge in [-0.1, -0.05) is 43.7 Å². The highest BCUT2D eigenvalue weighted by Crippen LogP contribution is 2.16. The summed E-state index contributed by atoms with van der Waals surface area (Å²) in [6.07, 6.45) is 3.76. The van der Waals surface area contributed by atoms with Crippen molar-refractivity contribution in [3.8, 4) is 0 Å². The van der Waals surface area contributed by atoms with Crippen LogP contribution >= 0.6 is 0 Å². The molecule has 0 spiro atoms. The van der Waals surface area contributed by atoms with Gasteiger partial charge in [0.25, 0.3) is 0 Å². The highest BCUT2D eigenvalue weighted by Gasteiger charge is 2.26. The summed E-state index contributed by atoms with van der Waals surface area (Å²) in [6.45, 7) is 4.22. The molecule has 1 amide bonds. The molecular weight excluding hydrogens is 264 g/mol. The molecule has 4 nitrogen and oxygen atoms in total. The Hall–Kier alpha value is -1.39. The van der Waals surface area contributed by atoms with E-state index in [1.165, 1.54) is 5.56 Å². The van der Waals surface area contributed by atoms with E-state index in [-0.39, 0.29) is 18.1 Å². The molecule has 1 saturated heterocycles. The molecule has 2 rings (SSSR count). The molecule has 1 atom stereocenters. The first-order chi connectivity index (χ1) is 10.2. The Morgan fingerprint density at radius 2 is 2.00 bits per heavy atom. The number of amides is 1. The van der Waals surface area contributed by atoms with Crippen molar-refractivity contribution in [1.29, 1.82) is 0 Å². The van der Waals surface area contributed by atoms with Gasteiger partial charge in [-0.25, -0.2) is 0 Å². The Kier molecular flexibility index (Phi) is 6.21. The molecule has 0 saturated carbocycles. The first-order valence-corrected chi connectivity index (χ1v) is 7.90. The van der Waals surface area contributed by atoms with E-state index in [0.717, 1.165) is 38.8 Å². The minimum Gasteiger partial charge on any atom is -0.373 e. The van der Waals surface area contributed by atoms with Crippen molar-refractivity contribution < 1.29 is 9.53 Å². The molecule has 116 valence electrons. The summed E-state index contributed by atoms with van der Waals surface area (Å²) >= 11 is 0. The molecule has 0 bridgehead atoms. The summed E-state index contributed by atoms with van der Waals surface area (Å²) in [6, 6.07) is 9.86. The van der Waals surface area contributed by atoms with Gasteiger partial charge in [-0.2, -0.15) is 0 Å². The lowest BCUT2D eigenvalue weighted by Crippen LogP contribution is -2.48. The van der Waals surface area contributed by atoms with Crippen LogP contribution in [0.2, 0.25) is 0 Å². The molecule has 1 aromatic rings. The number of benzene rings is 1. The van der Waals surface area contributed by atoms with Gasteiger partial charge in [-0.3, -0.25) is 4.79 Å². The fraction of sp³-hybridized carbons (Fsp3) is 0.588. The fourth-order valence-electron chi connectivity index (χ4n) is 2.70. The van der Waals surface area contributed by atoms with Crippen LogP contribution in [0.5, 0.6) is 0 Å². The van der Waals surface area contributed by atoms with Gasteiger partial charge >= 0.3 is 0 Å². The van der Waals surface area contributed by atoms with Crippen LogP contribution in [0.15, 0.2) is 30.3 Å². The maximum atomic E-state index is 12.1. The van der Waals surface area contributed by atoms with E-state index in [4.69, 9.17) is 10.5 Å². The Labute approximate surface area is 127 Å². The molecule has 0 radical (unpaired) electrons. The zero-order chi connectivity index (χ0) is 15.1. The number of nitrogens with two attached hydrogens (primary N) is 1. The van der Waals surface area contributed by atoms with Gasteiger partial charge in [0.2, 0.25) is 5.91 Å². The van der Waals surface area contributed by atoms with Crippen molar-refractivity contribution in [2.24, 2.45) is 5.73 Å². The van der Waals surface area contributed by atoms with Gasteiger partial charge in [-0.05, 0) is 24.8 Å². The van der Waals surface area contributed by atoms with Gasteiger partial charge in [0, 0.05) is 13.1 Å². The minimum atomic E-state index is -0.336. The number of carbonyl (C=O) groups excluding carboxylic acids is 1. The van der Waals surface area contributed by atoms with Crippen LogP contribution in [0.25, 0.3) is 0 Å². The molecule has 1 heterocycles. The molecule has 2 N–H and O–H groups in total. The summed E-state index contributed by atoms with van der Waals surface area (Å²) in [7, 11) is 0. The number of likely N-dealkylation sites (tertiary alicyclic amines) is 1. The van der Waals surface area contributed by atoms with Gasteiger partial charge < -0.3 is 15.4 Å². The van der Waals surface area contributed by atoms with Crippen LogP contribution in [0, 0.1) is 0 Å². The number of nitrogens with zero attached hydrogens (tertiary/aromatic N) is 1. The van der Waals surface area contributed by atoms with Gasteiger partial charge in [-0.15, -0.1) is 0 Å². The molecule has 1 aliphatic heterocycles. The highest BCUT2D eigenvalue weighted by molar-refractivity contribution is 5.81. The quantitative estimate of drug-likeness (QED) is 0.875. The zero-order valence-corrected chi connectivity index (χ0v) is 12.8. The average molecular weight is 290 g/mol. The van der Waals surface area contributed by atoms with Crippen molar-refractivity contribution in [2.75, 3.05) is 13.1 Å². The van der Waals surface area contributed by atoms with Crippen LogP contribution < -0.4 is 5.73 Å². The van der Waals surface area contributed by atoms with E-state index in [2.05, 4.69) is 19.1 Å². The van der Waals surface area contributed by atoms with E-state index in [1.54, 1.807) is 0 Å². The zero-order valence-electron chi connectivity index (χ0n) is 12.8. The predicted octanol–water partition coefficient (Wildman–Crippen LogP) is 2.32. The lowest BCUT2D eigenvalue weighted by Gasteiger charge is -2.33. The lowest BCUT2D eigenvalue weighted by atomic mass is 10.1. The summed E-state index contributed by atoms with van der Waals surface area (Å²) in [5.41, 5.74) is 7.10. The van der Waals surface area contributed by atoms with E-state index >= 15 is 0 Å². The predicted molar refractivity (Wildman–Crippen MR) is 83.7 cm³/mol. The third kappa shape index (κ3) is 4.83. The maximum absolute atomic E-state index is 12.1. The average Bonchev–Trinajstić information content (AvgIpc) is 2.54. The first-order valence-electron chi connectivity index (χ1n) is 7.90. The van der Waals surface area contributed by atoms with E-state index in [0.29, 0.717) is 6.61 Å². The number of hydrogen-bond acceptors (Lipinski definition) is 3. The van der Waals surface area contributed by atoms with Crippen LogP contribution in [0.3, 0.4) is 0 Å². The van der Waals surface area contributed by atoms with Crippen LogP contribution in [-0.4, -0.2) is 36.0 Å². The Morgan fingerprint density at radius 1 is 1.33 bits per heavy atom. The van der Waals surface area contributed by atoms with Crippen molar-refractivity contribution in [3.63, 3.8) is 0 Å². The van der Waals surface area contributed by atoms with E-state index < -0.39 is 0 Å². The van der Waals surface area contributed by atoms with Gasteiger partial charge in [0.1, 0.15) is 0 Å². The Bertz CT molecular complexity index is 428. The smallest absolute Gasteiger partial charge is 0.239 e. The number of piperidine rings is 1. The topological polar surface area (TPSA) is 55.6 Å². The van der Waals surface area contributed by atoms with Crippen LogP contribution in [0.1, 0.15) is 38.2 Å². The van der Waals surface area contributed by atoms with Gasteiger partial charge in [0.05, 0.1) is 18.8 Å². The van der Waals surface area contributed by atoms with Crippen molar-refractivity contribution in [3.05, 3.63) is 35.9 Å². The van der Waals surface area contributed by atoms with E-state index in [1.807, 2.05) is 23.1 Å². The van der Waals surface area contributed by atoms with Crippen molar-refractivity contribution in [2.45, 2.75) is 51.4 Å². The molecule has 1 unspecified atom stereocenters. The summed E-state index contributed by atoms with van der Waals surface area (Å²) in [4.78, 5) is 14.0. The van der Waals surface area contributed by atoms with Crippen LogP contribution in [0.4, 0.5) is 0 Å². The standard InChI is InChI=1S/C17H26N2O2/c1-2-6-16(18)17(20)19-11-9-15(10-12-19)21-13-14-7-4-3-5-8-14/h3-5,7-8,15-16H,2,6,9-13,18H2,1H3. The molecule has 4 heteroatoms. The van der Waals surface area contributed by atoms with Gasteiger partial charge in [0.15, 0.2) is 0 Å². The normalized spacial score (nSPS) is 17.7. The van der Waals surface area contributed by atoms with Crippen LogP contribution in [-0.2, 0) is 16.1 Å². The SMILES string of the molecule is CCCC(N)C(=O)N1CCC(OCc2ccccc2)CC1. The monoisotopic (exact) mass is 290 g/mol. The maximum Gasteiger partial charge on any atom is 0.239 e. The Morgan fingerprint density at radius 3 is 2.62 bits per heavy atom. The van der Waals surface area contributed by atoms with E-state index in [9.17, 15) is 4.79 Å². The summed E-state index contributed by atoms with van der Waals surface area (Å²) < 4.78 is 5.94. The second-order valence-corrected chi connectivity index (χ2v) is 5.72. The number of ether oxygens (including phenoxy) is 1. The lowest BCUT2D eigenvalue weighted by molar-refractivity contribution is -0.135. The van der Waals surface area contributed by atoms with Crippen molar-refractivity contribution in [1.82, 2.24) is 4.90 Å². The largest absolute Gasteiger partial charge is 0.373 e. The minimum absolute atomic E-state index is 0.0957.